The lowest BCUT2D eigenvalue weighted by molar-refractivity contribution is 0.287. The molecular formula is C24H37IN4O2. The molecule has 0 heterocycles. The molecule has 0 aliphatic heterocycles. The van der Waals surface area contributed by atoms with Crippen LogP contribution in [0.2, 0.25) is 0 Å². The van der Waals surface area contributed by atoms with Crippen LogP contribution in [0, 0.1) is 0 Å². The molecule has 0 aromatic heterocycles. The van der Waals surface area contributed by atoms with Gasteiger partial charge < -0.3 is 25.0 Å². The maximum absolute atomic E-state index is 5.72. The topological polar surface area (TPSA) is 58.1 Å². The Balaban J connectivity index is 0.00000480. The predicted octanol–water partition coefficient (Wildman–Crippen LogP) is 4.07. The van der Waals surface area contributed by atoms with Gasteiger partial charge >= 0.3 is 0 Å². The monoisotopic (exact) mass is 540 g/mol. The highest BCUT2D eigenvalue weighted by Gasteiger charge is 2.07. The van der Waals surface area contributed by atoms with Crippen molar-refractivity contribution in [3.8, 4) is 11.5 Å². The maximum atomic E-state index is 5.72. The highest BCUT2D eigenvalue weighted by molar-refractivity contribution is 14.0. The first kappa shape index (κ1) is 27.0. The van der Waals surface area contributed by atoms with Gasteiger partial charge in [-0.05, 0) is 63.2 Å². The molecule has 0 unspecified atom stereocenters. The SMILES string of the molecule is CCOc1ccc(CCNC(=NC)NCc2cccc(CN(C)C)c2)cc1OCC.I. The van der Waals surface area contributed by atoms with Crippen molar-refractivity contribution in [3.05, 3.63) is 59.2 Å². The van der Waals surface area contributed by atoms with Crippen molar-refractivity contribution in [1.82, 2.24) is 15.5 Å². The Morgan fingerprint density at radius 3 is 2.29 bits per heavy atom. The van der Waals surface area contributed by atoms with E-state index in [1.807, 2.05) is 19.9 Å². The van der Waals surface area contributed by atoms with Gasteiger partial charge in [-0.2, -0.15) is 0 Å². The fourth-order valence-corrected chi connectivity index (χ4v) is 3.19. The summed E-state index contributed by atoms with van der Waals surface area (Å²) in [5.74, 6) is 2.39. The smallest absolute Gasteiger partial charge is 0.191 e. The normalized spacial score (nSPS) is 11.1. The van der Waals surface area contributed by atoms with Crippen LogP contribution in [0.25, 0.3) is 0 Å². The summed E-state index contributed by atoms with van der Waals surface area (Å²) >= 11 is 0. The van der Waals surface area contributed by atoms with E-state index in [2.05, 4.69) is 71.0 Å². The lowest BCUT2D eigenvalue weighted by atomic mass is 10.1. The average molecular weight is 540 g/mol. The van der Waals surface area contributed by atoms with E-state index < -0.39 is 0 Å². The van der Waals surface area contributed by atoms with Gasteiger partial charge in [-0.25, -0.2) is 0 Å². The molecule has 0 saturated carbocycles. The molecule has 7 heteroatoms. The third kappa shape index (κ3) is 9.78. The second-order valence-corrected chi connectivity index (χ2v) is 7.31. The Hall–Kier alpha value is -2.00. The third-order valence-corrected chi connectivity index (χ3v) is 4.49. The molecule has 172 valence electrons. The van der Waals surface area contributed by atoms with Crippen LogP contribution in [-0.4, -0.2) is 51.8 Å². The highest BCUT2D eigenvalue weighted by atomic mass is 127. The van der Waals surface area contributed by atoms with Crippen LogP contribution >= 0.6 is 24.0 Å². The van der Waals surface area contributed by atoms with Gasteiger partial charge in [-0.1, -0.05) is 30.3 Å². The number of benzene rings is 2. The van der Waals surface area contributed by atoms with Crippen LogP contribution in [0.5, 0.6) is 11.5 Å². The summed E-state index contributed by atoms with van der Waals surface area (Å²) in [4.78, 5) is 6.50. The number of hydrogen-bond acceptors (Lipinski definition) is 4. The zero-order chi connectivity index (χ0) is 21.8. The molecule has 0 spiro atoms. The average Bonchev–Trinajstić information content (AvgIpc) is 2.72. The van der Waals surface area contributed by atoms with E-state index in [1.54, 1.807) is 7.05 Å². The summed E-state index contributed by atoms with van der Waals surface area (Å²) in [5, 5.41) is 6.78. The number of rotatable bonds is 11. The molecular weight excluding hydrogens is 503 g/mol. The Labute approximate surface area is 204 Å². The maximum Gasteiger partial charge on any atom is 0.191 e. The quantitative estimate of drug-likeness (QED) is 0.256. The Morgan fingerprint density at radius 2 is 1.61 bits per heavy atom. The predicted molar refractivity (Wildman–Crippen MR) is 140 cm³/mol. The van der Waals surface area contributed by atoms with Crippen LogP contribution in [0.3, 0.4) is 0 Å². The van der Waals surface area contributed by atoms with Crippen LogP contribution in [0.4, 0.5) is 0 Å². The molecule has 2 N–H and O–H groups in total. The van der Waals surface area contributed by atoms with Crippen molar-refractivity contribution < 1.29 is 9.47 Å². The zero-order valence-corrected chi connectivity index (χ0v) is 21.7. The second-order valence-electron chi connectivity index (χ2n) is 7.31. The van der Waals surface area contributed by atoms with E-state index in [4.69, 9.17) is 9.47 Å². The fraction of sp³-hybridized carbons (Fsp3) is 0.458. The summed E-state index contributed by atoms with van der Waals surface area (Å²) in [6.45, 7) is 7.65. The van der Waals surface area contributed by atoms with Crippen LogP contribution < -0.4 is 20.1 Å². The molecule has 2 rings (SSSR count). The van der Waals surface area contributed by atoms with E-state index >= 15 is 0 Å². The van der Waals surface area contributed by atoms with Gasteiger partial charge in [0.15, 0.2) is 17.5 Å². The summed E-state index contributed by atoms with van der Waals surface area (Å²) < 4.78 is 11.4. The Kier molecular flexibility index (Phi) is 13.0. The molecule has 0 amide bonds. The van der Waals surface area contributed by atoms with Gasteiger partial charge in [0.25, 0.3) is 0 Å². The largest absolute Gasteiger partial charge is 0.490 e. The van der Waals surface area contributed by atoms with Gasteiger partial charge in [0.05, 0.1) is 13.2 Å². The molecule has 0 bridgehead atoms. The molecule has 0 saturated heterocycles. The number of nitrogens with zero attached hydrogens (tertiary/aromatic N) is 2. The minimum Gasteiger partial charge on any atom is -0.490 e. The molecule has 0 aliphatic rings. The number of ether oxygens (including phenoxy) is 2. The first-order valence-electron chi connectivity index (χ1n) is 10.6. The van der Waals surface area contributed by atoms with E-state index in [-0.39, 0.29) is 24.0 Å². The standard InChI is InChI=1S/C24H36N4O2.HI/c1-6-29-22-12-11-19(16-23(22)30-7-2)13-14-26-24(25-3)27-17-20-9-8-10-21(15-20)18-28(4)5;/h8-12,15-16H,6-7,13-14,17-18H2,1-5H3,(H2,25,26,27);1H. The summed E-state index contributed by atoms with van der Waals surface area (Å²) in [5.41, 5.74) is 3.74. The van der Waals surface area contributed by atoms with E-state index in [0.717, 1.165) is 43.5 Å². The van der Waals surface area contributed by atoms with Crippen LogP contribution in [-0.2, 0) is 19.5 Å². The molecule has 31 heavy (non-hydrogen) atoms. The van der Waals surface area contributed by atoms with Crippen molar-refractivity contribution >= 4 is 29.9 Å². The fourth-order valence-electron chi connectivity index (χ4n) is 3.19. The molecule has 0 aliphatic carbocycles. The molecule has 2 aromatic carbocycles. The second kappa shape index (κ2) is 14.9. The Morgan fingerprint density at radius 1 is 0.903 bits per heavy atom. The van der Waals surface area contributed by atoms with Gasteiger partial charge in [-0.15, -0.1) is 24.0 Å². The molecule has 6 nitrogen and oxygen atoms in total. The van der Waals surface area contributed by atoms with Gasteiger partial charge in [0.1, 0.15) is 0 Å². The van der Waals surface area contributed by atoms with Gasteiger partial charge in [0, 0.05) is 26.7 Å². The van der Waals surface area contributed by atoms with Crippen molar-refractivity contribution in [2.75, 3.05) is 40.9 Å². The minimum atomic E-state index is 0. The van der Waals surface area contributed by atoms with E-state index in [0.29, 0.717) is 13.2 Å². The first-order chi connectivity index (χ1) is 14.5. The molecule has 0 radical (unpaired) electrons. The van der Waals surface area contributed by atoms with Crippen molar-refractivity contribution in [3.63, 3.8) is 0 Å². The van der Waals surface area contributed by atoms with E-state index in [9.17, 15) is 0 Å². The number of guanidine groups is 1. The highest BCUT2D eigenvalue weighted by Crippen LogP contribution is 2.28. The third-order valence-electron chi connectivity index (χ3n) is 4.49. The first-order valence-corrected chi connectivity index (χ1v) is 10.6. The number of aliphatic imine (C=N–C) groups is 1. The lowest BCUT2D eigenvalue weighted by Gasteiger charge is -2.15. The van der Waals surface area contributed by atoms with Crippen LogP contribution in [0.1, 0.15) is 30.5 Å². The van der Waals surface area contributed by atoms with Crippen molar-refractivity contribution in [2.45, 2.75) is 33.4 Å². The van der Waals surface area contributed by atoms with Crippen LogP contribution in [0.15, 0.2) is 47.5 Å². The van der Waals surface area contributed by atoms with Gasteiger partial charge in [0.2, 0.25) is 0 Å². The summed E-state index contributed by atoms with van der Waals surface area (Å²) in [6.07, 6.45) is 0.867. The Bertz CT molecular complexity index is 812. The minimum absolute atomic E-state index is 0. The number of hydrogen-bond donors (Lipinski definition) is 2. The summed E-state index contributed by atoms with van der Waals surface area (Å²) in [6, 6.07) is 14.8. The lowest BCUT2D eigenvalue weighted by Crippen LogP contribution is -2.37. The molecule has 0 fully saturated rings. The molecule has 2 aromatic rings. The number of nitrogens with one attached hydrogen (secondary N) is 2. The summed E-state index contributed by atoms with van der Waals surface area (Å²) in [7, 11) is 5.96. The number of halogens is 1. The zero-order valence-electron chi connectivity index (χ0n) is 19.4. The van der Waals surface area contributed by atoms with Crippen molar-refractivity contribution in [2.24, 2.45) is 4.99 Å². The van der Waals surface area contributed by atoms with E-state index in [1.165, 1.54) is 16.7 Å². The van der Waals surface area contributed by atoms with Crippen molar-refractivity contribution in [1.29, 1.82) is 0 Å². The van der Waals surface area contributed by atoms with Gasteiger partial charge in [-0.3, -0.25) is 4.99 Å². The molecule has 0 atom stereocenters.